The van der Waals surface area contributed by atoms with E-state index in [2.05, 4.69) is 35.8 Å². The van der Waals surface area contributed by atoms with Gasteiger partial charge in [-0.3, -0.25) is 4.79 Å². The number of hydrogen-bond acceptors (Lipinski definition) is 4. The van der Waals surface area contributed by atoms with Crippen molar-refractivity contribution in [3.05, 3.63) is 18.0 Å². The van der Waals surface area contributed by atoms with Crippen LogP contribution >= 0.6 is 0 Å². The predicted octanol–water partition coefficient (Wildman–Crippen LogP) is 2.37. The Morgan fingerprint density at radius 3 is 2.65 bits per heavy atom. The van der Waals surface area contributed by atoms with E-state index in [-0.39, 0.29) is 23.6 Å². The summed E-state index contributed by atoms with van der Waals surface area (Å²) in [6, 6.07) is 1.51. The minimum atomic E-state index is -0.791. The quantitative estimate of drug-likeness (QED) is 0.891. The molecule has 0 aliphatic heterocycles. The minimum Gasteiger partial charge on any atom is -0.388 e. The van der Waals surface area contributed by atoms with Crippen molar-refractivity contribution in [1.29, 1.82) is 0 Å². The van der Waals surface area contributed by atoms with E-state index in [1.165, 1.54) is 12.3 Å². The van der Waals surface area contributed by atoms with Gasteiger partial charge >= 0.3 is 0 Å². The van der Waals surface area contributed by atoms with E-state index in [1.54, 1.807) is 0 Å². The Hall–Kier alpha value is -1.36. The molecule has 1 fully saturated rings. The first-order valence-electron chi connectivity index (χ1n) is 7.21. The van der Waals surface area contributed by atoms with Crippen LogP contribution in [0.4, 0.5) is 0 Å². The maximum absolute atomic E-state index is 11.8. The fourth-order valence-electron chi connectivity index (χ4n) is 2.86. The summed E-state index contributed by atoms with van der Waals surface area (Å²) in [6.45, 7) is 7.01. The molecule has 0 spiro atoms. The smallest absolute Gasteiger partial charge is 0.273 e. The first-order chi connectivity index (χ1) is 9.30. The van der Waals surface area contributed by atoms with Crippen molar-refractivity contribution in [2.75, 3.05) is 6.54 Å². The molecule has 0 atom stereocenters. The van der Waals surface area contributed by atoms with Crippen LogP contribution in [0.1, 0.15) is 56.9 Å². The lowest BCUT2D eigenvalue weighted by Gasteiger charge is -2.41. The molecule has 1 aromatic heterocycles. The highest BCUT2D eigenvalue weighted by atomic mass is 16.5. The highest BCUT2D eigenvalue weighted by molar-refractivity contribution is 5.91. The molecular weight excluding hydrogens is 256 g/mol. The molecule has 1 saturated carbocycles. The summed E-state index contributed by atoms with van der Waals surface area (Å²) < 4.78 is 4.63. The molecule has 1 aliphatic rings. The monoisotopic (exact) mass is 280 g/mol. The van der Waals surface area contributed by atoms with E-state index in [4.69, 9.17) is 0 Å². The summed E-state index contributed by atoms with van der Waals surface area (Å²) in [5.74, 6) is 0.333. The van der Waals surface area contributed by atoms with Crippen molar-refractivity contribution >= 4 is 5.91 Å². The Bertz CT molecular complexity index is 440. The molecule has 1 amide bonds. The maximum atomic E-state index is 11.8. The third-order valence-corrected chi connectivity index (χ3v) is 4.39. The molecule has 5 heteroatoms. The van der Waals surface area contributed by atoms with Gasteiger partial charge in [0.05, 0.1) is 5.60 Å². The Morgan fingerprint density at radius 1 is 1.50 bits per heavy atom. The van der Waals surface area contributed by atoms with Gasteiger partial charge in [0.1, 0.15) is 6.26 Å². The molecule has 0 saturated heterocycles. The number of hydrogen-bond donors (Lipinski definition) is 2. The molecule has 1 heterocycles. The first-order valence-corrected chi connectivity index (χ1v) is 7.21. The molecule has 1 aliphatic carbocycles. The number of amides is 1. The largest absolute Gasteiger partial charge is 0.388 e. The lowest BCUT2D eigenvalue weighted by atomic mass is 9.68. The standard InChI is InChI=1S/C15H24N2O3/c1-14(2,3)11-4-7-15(19,8-5-11)10-16-13(18)12-6-9-20-17-12/h6,9,11,19H,4-5,7-8,10H2,1-3H3,(H,16,18). The highest BCUT2D eigenvalue weighted by Gasteiger charge is 2.37. The molecule has 0 aromatic carbocycles. The van der Waals surface area contributed by atoms with Crippen LogP contribution in [0.15, 0.2) is 16.9 Å². The Morgan fingerprint density at radius 2 is 2.15 bits per heavy atom. The Labute approximate surface area is 119 Å². The van der Waals surface area contributed by atoms with Crippen molar-refractivity contribution in [2.24, 2.45) is 11.3 Å². The number of carbonyl (C=O) groups is 1. The predicted molar refractivity (Wildman–Crippen MR) is 75.2 cm³/mol. The first kappa shape index (κ1) is 15.0. The lowest BCUT2D eigenvalue weighted by Crippen LogP contribution is -2.46. The number of carbonyl (C=O) groups excluding carboxylic acids is 1. The highest BCUT2D eigenvalue weighted by Crippen LogP contribution is 2.41. The van der Waals surface area contributed by atoms with Crippen LogP contribution in [-0.4, -0.2) is 28.3 Å². The normalized spacial score (nSPS) is 27.3. The number of nitrogens with one attached hydrogen (secondary N) is 1. The van der Waals surface area contributed by atoms with E-state index in [1.807, 2.05) is 0 Å². The summed E-state index contributed by atoms with van der Waals surface area (Å²) in [5.41, 5.74) is -0.260. The zero-order valence-corrected chi connectivity index (χ0v) is 12.5. The van der Waals surface area contributed by atoms with E-state index < -0.39 is 5.60 Å². The number of rotatable bonds is 3. The fraction of sp³-hybridized carbons (Fsp3) is 0.733. The average molecular weight is 280 g/mol. The van der Waals surface area contributed by atoms with E-state index in [0.29, 0.717) is 5.92 Å². The van der Waals surface area contributed by atoms with Crippen LogP contribution in [0.2, 0.25) is 0 Å². The molecule has 20 heavy (non-hydrogen) atoms. The zero-order valence-electron chi connectivity index (χ0n) is 12.5. The van der Waals surface area contributed by atoms with E-state index in [9.17, 15) is 9.90 Å². The number of aromatic nitrogens is 1. The van der Waals surface area contributed by atoms with Crippen LogP contribution in [-0.2, 0) is 0 Å². The number of aliphatic hydroxyl groups is 1. The molecule has 1 aromatic rings. The van der Waals surface area contributed by atoms with Crippen LogP contribution < -0.4 is 5.32 Å². The second kappa shape index (κ2) is 5.56. The molecule has 0 radical (unpaired) electrons. The van der Waals surface area contributed by atoms with Crippen LogP contribution in [0, 0.1) is 11.3 Å². The summed E-state index contributed by atoms with van der Waals surface area (Å²) in [4.78, 5) is 11.8. The fourth-order valence-corrected chi connectivity index (χ4v) is 2.86. The van der Waals surface area contributed by atoms with E-state index in [0.717, 1.165) is 25.7 Å². The van der Waals surface area contributed by atoms with Gasteiger partial charge < -0.3 is 14.9 Å². The summed E-state index contributed by atoms with van der Waals surface area (Å²) in [6.07, 6.45) is 4.82. The summed E-state index contributed by atoms with van der Waals surface area (Å²) in [5, 5.41) is 16.9. The minimum absolute atomic E-state index is 0.247. The summed E-state index contributed by atoms with van der Waals surface area (Å²) in [7, 11) is 0. The van der Waals surface area contributed by atoms with Gasteiger partial charge in [-0.25, -0.2) is 0 Å². The molecule has 0 unspecified atom stereocenters. The van der Waals surface area contributed by atoms with Crippen LogP contribution in [0.25, 0.3) is 0 Å². The Balaban J connectivity index is 1.83. The maximum Gasteiger partial charge on any atom is 0.273 e. The van der Waals surface area contributed by atoms with Crippen molar-refractivity contribution in [2.45, 2.75) is 52.1 Å². The van der Waals surface area contributed by atoms with Gasteiger partial charge in [-0.05, 0) is 37.0 Å². The topological polar surface area (TPSA) is 75.4 Å². The van der Waals surface area contributed by atoms with Crippen molar-refractivity contribution in [3.8, 4) is 0 Å². The van der Waals surface area contributed by atoms with Gasteiger partial charge in [-0.2, -0.15) is 0 Å². The van der Waals surface area contributed by atoms with Gasteiger partial charge in [0.2, 0.25) is 0 Å². The number of nitrogens with zero attached hydrogens (tertiary/aromatic N) is 1. The molecule has 2 rings (SSSR count). The molecule has 2 N–H and O–H groups in total. The third kappa shape index (κ3) is 3.60. The van der Waals surface area contributed by atoms with Gasteiger partial charge in [0.25, 0.3) is 5.91 Å². The van der Waals surface area contributed by atoms with Gasteiger partial charge in [-0.1, -0.05) is 25.9 Å². The van der Waals surface area contributed by atoms with Gasteiger partial charge in [0.15, 0.2) is 5.69 Å². The van der Waals surface area contributed by atoms with Gasteiger partial charge in [-0.15, -0.1) is 0 Å². The third-order valence-electron chi connectivity index (χ3n) is 4.39. The molecule has 5 nitrogen and oxygen atoms in total. The van der Waals surface area contributed by atoms with Gasteiger partial charge in [0, 0.05) is 12.6 Å². The molecular formula is C15H24N2O3. The van der Waals surface area contributed by atoms with Crippen LogP contribution in [0.3, 0.4) is 0 Å². The zero-order chi connectivity index (χ0) is 14.8. The Kier molecular flexibility index (Phi) is 4.18. The molecule has 0 bridgehead atoms. The second-order valence-electron chi connectivity index (χ2n) is 6.93. The van der Waals surface area contributed by atoms with Crippen molar-refractivity contribution < 1.29 is 14.4 Å². The molecule has 112 valence electrons. The van der Waals surface area contributed by atoms with E-state index >= 15 is 0 Å². The SMILES string of the molecule is CC(C)(C)C1CCC(O)(CNC(=O)c2ccon2)CC1. The van der Waals surface area contributed by atoms with Crippen molar-refractivity contribution in [1.82, 2.24) is 10.5 Å². The van der Waals surface area contributed by atoms with Crippen molar-refractivity contribution in [3.63, 3.8) is 0 Å². The van der Waals surface area contributed by atoms with Crippen LogP contribution in [0.5, 0.6) is 0 Å². The second-order valence-corrected chi connectivity index (χ2v) is 6.93. The summed E-state index contributed by atoms with van der Waals surface area (Å²) >= 11 is 0. The average Bonchev–Trinajstić information content (AvgIpc) is 2.89. The lowest BCUT2D eigenvalue weighted by molar-refractivity contribution is -0.0229.